The third-order valence-corrected chi connectivity index (χ3v) is 6.01. The largest absolute Gasteiger partial charge is 0.338 e. The monoisotopic (exact) mass is 426 g/mol. The molecule has 3 heterocycles. The van der Waals surface area contributed by atoms with Crippen molar-refractivity contribution in [3.8, 4) is 22.4 Å². The number of carbonyl (C=O) groups is 2. The number of aromatic nitrogens is 2. The van der Waals surface area contributed by atoms with Crippen molar-refractivity contribution in [1.82, 2.24) is 15.3 Å². The summed E-state index contributed by atoms with van der Waals surface area (Å²) in [5.41, 5.74) is 2.45. The van der Waals surface area contributed by atoms with Crippen LogP contribution in [-0.4, -0.2) is 28.8 Å². The molecule has 2 N–H and O–H groups in total. The average molecular weight is 426 g/mol. The minimum absolute atomic E-state index is 0.152. The maximum atomic E-state index is 15.4. The molecular formula is C20H15FN4O2S2. The van der Waals surface area contributed by atoms with Crippen LogP contribution >= 0.6 is 22.7 Å². The zero-order chi connectivity index (χ0) is 20.4. The maximum absolute atomic E-state index is 15.4. The molecular weight excluding hydrogens is 411 g/mol. The van der Waals surface area contributed by atoms with Crippen LogP contribution < -0.4 is 10.6 Å². The van der Waals surface area contributed by atoms with Crippen molar-refractivity contribution < 1.29 is 14.0 Å². The zero-order valence-corrected chi connectivity index (χ0v) is 16.9. The Morgan fingerprint density at radius 2 is 2.14 bits per heavy atom. The molecule has 0 bridgehead atoms. The van der Waals surface area contributed by atoms with Gasteiger partial charge in [0.1, 0.15) is 5.52 Å². The molecule has 0 atom stereocenters. The number of pyridine rings is 1. The minimum Gasteiger partial charge on any atom is -0.338 e. The summed E-state index contributed by atoms with van der Waals surface area (Å²) in [4.78, 5) is 32.1. The summed E-state index contributed by atoms with van der Waals surface area (Å²) in [6.07, 6.45) is 2.40. The summed E-state index contributed by atoms with van der Waals surface area (Å²) < 4.78 is 16.0. The van der Waals surface area contributed by atoms with Gasteiger partial charge < -0.3 is 5.32 Å². The van der Waals surface area contributed by atoms with Gasteiger partial charge in [-0.15, -0.1) is 11.3 Å². The number of amides is 2. The molecule has 4 aromatic rings. The van der Waals surface area contributed by atoms with Crippen LogP contribution in [0, 0.1) is 5.82 Å². The summed E-state index contributed by atoms with van der Waals surface area (Å²) in [6.45, 7) is 2.27. The van der Waals surface area contributed by atoms with Gasteiger partial charge in [0.15, 0.2) is 17.2 Å². The van der Waals surface area contributed by atoms with Crippen molar-refractivity contribution in [2.75, 3.05) is 11.9 Å². The molecule has 0 aliphatic rings. The molecule has 2 amide bonds. The van der Waals surface area contributed by atoms with E-state index in [-0.39, 0.29) is 10.6 Å². The number of hydrogen-bond acceptors (Lipinski definition) is 6. The van der Waals surface area contributed by atoms with Crippen LogP contribution in [0.4, 0.5) is 14.3 Å². The van der Waals surface area contributed by atoms with Gasteiger partial charge in [0.2, 0.25) is 0 Å². The van der Waals surface area contributed by atoms with Gasteiger partial charge in [-0.05, 0) is 42.1 Å². The lowest BCUT2D eigenvalue weighted by Gasteiger charge is -2.07. The molecule has 0 spiro atoms. The van der Waals surface area contributed by atoms with Gasteiger partial charge >= 0.3 is 6.03 Å². The van der Waals surface area contributed by atoms with Gasteiger partial charge in [0, 0.05) is 23.9 Å². The minimum atomic E-state index is -0.505. The Bertz CT molecular complexity index is 1200. The van der Waals surface area contributed by atoms with Gasteiger partial charge in [0.05, 0.1) is 15.3 Å². The van der Waals surface area contributed by atoms with E-state index in [0.29, 0.717) is 38.5 Å². The number of rotatable bonds is 5. The highest BCUT2D eigenvalue weighted by Crippen LogP contribution is 2.41. The van der Waals surface area contributed by atoms with Crippen molar-refractivity contribution in [3.05, 3.63) is 52.6 Å². The number of carbonyl (C=O) groups excluding carboxylic acids is 2. The molecule has 0 saturated heterocycles. The number of halogens is 1. The van der Waals surface area contributed by atoms with Crippen molar-refractivity contribution >= 4 is 50.3 Å². The Hall–Kier alpha value is -3.17. The van der Waals surface area contributed by atoms with Crippen molar-refractivity contribution in [2.24, 2.45) is 0 Å². The molecule has 1 aromatic carbocycles. The molecule has 146 valence electrons. The summed E-state index contributed by atoms with van der Waals surface area (Å²) in [5, 5.41) is 7.28. The third-order valence-electron chi connectivity index (χ3n) is 4.15. The van der Waals surface area contributed by atoms with E-state index in [0.717, 1.165) is 6.29 Å². The van der Waals surface area contributed by atoms with Crippen LogP contribution in [0.5, 0.6) is 0 Å². The molecule has 0 saturated carbocycles. The highest BCUT2D eigenvalue weighted by Gasteiger charge is 2.21. The standard InChI is InChI=1S/C20H15FN4O2S2/c1-2-22-19(27)25-20-24-17-16(21)13(11-7-12(9-26)28-10-11)8-14(18(17)29-20)15-5-3-4-6-23-15/h3-10H,2H2,1H3,(H2,22,24,25,27). The summed E-state index contributed by atoms with van der Waals surface area (Å²) in [6, 6.07) is 8.43. The SMILES string of the molecule is CCNC(=O)Nc1nc2c(F)c(-c3csc(C=O)c3)cc(-c3ccccn3)c2s1. The summed E-state index contributed by atoms with van der Waals surface area (Å²) in [7, 11) is 0. The van der Waals surface area contributed by atoms with Crippen molar-refractivity contribution in [3.63, 3.8) is 0 Å². The van der Waals surface area contributed by atoms with E-state index >= 15 is 4.39 Å². The van der Waals surface area contributed by atoms with Gasteiger partial charge in [-0.1, -0.05) is 17.4 Å². The van der Waals surface area contributed by atoms with Crippen LogP contribution in [-0.2, 0) is 0 Å². The first-order valence-corrected chi connectivity index (χ1v) is 10.4. The molecule has 6 nitrogen and oxygen atoms in total. The lowest BCUT2D eigenvalue weighted by atomic mass is 10.0. The number of hydrogen-bond donors (Lipinski definition) is 2. The number of anilines is 1. The molecule has 0 aliphatic carbocycles. The number of benzene rings is 1. The first-order valence-electron chi connectivity index (χ1n) is 8.74. The first-order chi connectivity index (χ1) is 14.1. The van der Waals surface area contributed by atoms with Crippen molar-refractivity contribution in [2.45, 2.75) is 6.92 Å². The molecule has 3 aromatic heterocycles. The van der Waals surface area contributed by atoms with Gasteiger partial charge in [0.25, 0.3) is 0 Å². The normalized spacial score (nSPS) is 10.8. The van der Waals surface area contributed by atoms with Crippen LogP contribution in [0.3, 0.4) is 0 Å². The van der Waals surface area contributed by atoms with Gasteiger partial charge in [-0.25, -0.2) is 14.2 Å². The van der Waals surface area contributed by atoms with Crippen LogP contribution in [0.2, 0.25) is 0 Å². The fourth-order valence-electron chi connectivity index (χ4n) is 2.89. The maximum Gasteiger partial charge on any atom is 0.321 e. The molecule has 4 rings (SSSR count). The van der Waals surface area contributed by atoms with E-state index in [1.165, 1.54) is 22.7 Å². The Morgan fingerprint density at radius 3 is 2.83 bits per heavy atom. The second-order valence-corrected chi connectivity index (χ2v) is 7.98. The number of thiophene rings is 1. The Balaban J connectivity index is 1.92. The molecule has 29 heavy (non-hydrogen) atoms. The highest BCUT2D eigenvalue weighted by molar-refractivity contribution is 7.22. The summed E-state index contributed by atoms with van der Waals surface area (Å²) in [5.74, 6) is -0.505. The fraction of sp³-hybridized carbons (Fsp3) is 0.100. The van der Waals surface area contributed by atoms with Crippen LogP contribution in [0.1, 0.15) is 16.6 Å². The lowest BCUT2D eigenvalue weighted by Crippen LogP contribution is -2.28. The fourth-order valence-corrected chi connectivity index (χ4v) is 4.57. The molecule has 0 aliphatic heterocycles. The zero-order valence-electron chi connectivity index (χ0n) is 15.2. The molecule has 0 radical (unpaired) electrons. The number of urea groups is 1. The van der Waals surface area contributed by atoms with E-state index in [2.05, 4.69) is 20.6 Å². The molecule has 0 unspecified atom stereocenters. The smallest absolute Gasteiger partial charge is 0.321 e. The van der Waals surface area contributed by atoms with Gasteiger partial charge in [-0.2, -0.15) is 0 Å². The first kappa shape index (κ1) is 19.2. The lowest BCUT2D eigenvalue weighted by molar-refractivity contribution is 0.112. The van der Waals surface area contributed by atoms with Gasteiger partial charge in [-0.3, -0.25) is 15.1 Å². The Morgan fingerprint density at radius 1 is 1.28 bits per heavy atom. The predicted molar refractivity (Wildman–Crippen MR) is 114 cm³/mol. The number of fused-ring (bicyclic) bond motifs is 1. The van der Waals surface area contributed by atoms with Crippen LogP contribution in [0.25, 0.3) is 32.6 Å². The molecule has 0 fully saturated rings. The van der Waals surface area contributed by atoms with E-state index in [4.69, 9.17) is 0 Å². The van der Waals surface area contributed by atoms with E-state index in [1.807, 2.05) is 12.1 Å². The topological polar surface area (TPSA) is 84.0 Å². The average Bonchev–Trinajstić information content (AvgIpc) is 3.36. The number of thiazole rings is 1. The third kappa shape index (κ3) is 3.74. The number of nitrogens with zero attached hydrogens (tertiary/aromatic N) is 2. The van der Waals surface area contributed by atoms with Crippen molar-refractivity contribution in [1.29, 1.82) is 0 Å². The predicted octanol–water partition coefficient (Wildman–Crippen LogP) is 5.18. The van der Waals surface area contributed by atoms with E-state index in [1.54, 1.807) is 36.7 Å². The summed E-state index contributed by atoms with van der Waals surface area (Å²) >= 11 is 2.43. The highest BCUT2D eigenvalue weighted by atomic mass is 32.1. The second-order valence-electron chi connectivity index (χ2n) is 6.04. The number of aldehydes is 1. The van der Waals surface area contributed by atoms with Crippen LogP contribution in [0.15, 0.2) is 41.9 Å². The van der Waals surface area contributed by atoms with E-state index < -0.39 is 11.8 Å². The number of nitrogens with one attached hydrogen (secondary N) is 2. The van der Waals surface area contributed by atoms with E-state index in [9.17, 15) is 9.59 Å². The second kappa shape index (κ2) is 8.06. The Kier molecular flexibility index (Phi) is 5.32. The molecule has 9 heteroatoms. The quantitative estimate of drug-likeness (QED) is 0.431. The Labute approximate surface area is 173 Å².